The van der Waals surface area contributed by atoms with E-state index in [-0.39, 0.29) is 0 Å². The van der Waals surface area contributed by atoms with Crippen molar-refractivity contribution in [3.8, 4) is 0 Å². The molecule has 4 N–H and O–H groups in total. The Bertz CT molecular complexity index is 206. The zero-order valence-electron chi connectivity index (χ0n) is 10.0. The Morgan fingerprint density at radius 2 is 1.56 bits per heavy atom. The van der Waals surface area contributed by atoms with Crippen molar-refractivity contribution < 1.29 is 19.8 Å². The average molecular weight is 267 g/mol. The monoisotopic (exact) mass is 267 g/mol. The molecule has 16 heavy (non-hydrogen) atoms. The van der Waals surface area contributed by atoms with Crippen molar-refractivity contribution >= 4 is 31.8 Å². The lowest BCUT2D eigenvalue weighted by Crippen LogP contribution is -2.20. The number of aliphatic carboxylic acids is 2. The van der Waals surface area contributed by atoms with Crippen LogP contribution in [0.25, 0.3) is 0 Å². The first kappa shape index (κ1) is 17.8. The maximum absolute atomic E-state index is 9.10. The molecule has 0 unspecified atom stereocenters. The molecule has 0 amide bonds. The maximum Gasteiger partial charge on any atom is 0.414 e. The Labute approximate surface area is 101 Å². The summed E-state index contributed by atoms with van der Waals surface area (Å²) < 4.78 is 0. The Balaban J connectivity index is 0. The van der Waals surface area contributed by atoms with Crippen LogP contribution in [0.15, 0.2) is 0 Å². The Morgan fingerprint density at radius 3 is 1.81 bits per heavy atom. The molecule has 0 saturated heterocycles. The fourth-order valence-corrected chi connectivity index (χ4v) is 3.96. The highest BCUT2D eigenvalue weighted by molar-refractivity contribution is 7.99. The maximum atomic E-state index is 9.10. The van der Waals surface area contributed by atoms with Crippen LogP contribution in [-0.4, -0.2) is 48.3 Å². The number of carbonyl (C=O) groups is 2. The average Bonchev–Trinajstić information content (AvgIpc) is 2.12. The summed E-state index contributed by atoms with van der Waals surface area (Å²) in [6.07, 6.45) is 0. The van der Waals surface area contributed by atoms with Gasteiger partial charge < -0.3 is 15.9 Å². The van der Waals surface area contributed by atoms with E-state index in [4.69, 9.17) is 25.5 Å². The molecule has 5 nitrogen and oxygen atoms in total. The summed E-state index contributed by atoms with van der Waals surface area (Å²) in [4.78, 5) is 18.2. The SMILES string of the molecule is C[Si](C)(C)CCSCCN.O=C(O)C(=O)O. The van der Waals surface area contributed by atoms with Gasteiger partial charge in [-0.1, -0.05) is 19.6 Å². The van der Waals surface area contributed by atoms with Gasteiger partial charge in [-0.25, -0.2) is 9.59 Å². The summed E-state index contributed by atoms with van der Waals surface area (Å²) in [5.41, 5.74) is 5.37. The smallest absolute Gasteiger partial charge is 0.414 e. The lowest BCUT2D eigenvalue weighted by Gasteiger charge is -2.14. The molecule has 0 spiro atoms. The van der Waals surface area contributed by atoms with Crippen molar-refractivity contribution in [1.29, 1.82) is 0 Å². The first-order chi connectivity index (χ1) is 7.20. The van der Waals surface area contributed by atoms with Gasteiger partial charge in [0.1, 0.15) is 0 Å². The fourth-order valence-electron chi connectivity index (χ4n) is 0.564. The minimum absolute atomic E-state index is 0.769. The van der Waals surface area contributed by atoms with Crippen molar-refractivity contribution in [2.45, 2.75) is 25.7 Å². The van der Waals surface area contributed by atoms with Crippen LogP contribution in [-0.2, 0) is 9.59 Å². The number of nitrogens with two attached hydrogens (primary N) is 1. The summed E-state index contributed by atoms with van der Waals surface area (Å²) in [6.45, 7) is 8.07. The highest BCUT2D eigenvalue weighted by Crippen LogP contribution is 2.12. The molecule has 0 saturated carbocycles. The second-order valence-electron chi connectivity index (χ2n) is 4.32. The van der Waals surface area contributed by atoms with Crippen LogP contribution < -0.4 is 5.73 Å². The van der Waals surface area contributed by atoms with Gasteiger partial charge >= 0.3 is 11.9 Å². The molecule has 0 radical (unpaired) electrons. The van der Waals surface area contributed by atoms with Crippen LogP contribution in [0.5, 0.6) is 0 Å². The van der Waals surface area contributed by atoms with Crippen molar-refractivity contribution in [2.75, 3.05) is 18.1 Å². The molecule has 0 aliphatic rings. The quantitative estimate of drug-likeness (QED) is 0.393. The normalized spacial score (nSPS) is 10.2. The molecule has 0 heterocycles. The third kappa shape index (κ3) is 19.1. The lowest BCUT2D eigenvalue weighted by atomic mass is 10.7. The number of rotatable bonds is 5. The lowest BCUT2D eigenvalue weighted by molar-refractivity contribution is -0.159. The molecule has 0 atom stereocenters. The van der Waals surface area contributed by atoms with Gasteiger partial charge in [0.05, 0.1) is 0 Å². The third-order valence-corrected chi connectivity index (χ3v) is 4.57. The van der Waals surface area contributed by atoms with E-state index in [1.807, 2.05) is 11.8 Å². The molecule has 0 aliphatic carbocycles. The van der Waals surface area contributed by atoms with Crippen molar-refractivity contribution in [2.24, 2.45) is 5.73 Å². The third-order valence-electron chi connectivity index (χ3n) is 1.44. The molecular weight excluding hydrogens is 246 g/mol. The second kappa shape index (κ2) is 9.68. The molecule has 7 heteroatoms. The van der Waals surface area contributed by atoms with Gasteiger partial charge in [-0.15, -0.1) is 0 Å². The van der Waals surface area contributed by atoms with Crippen LogP contribution >= 0.6 is 11.8 Å². The summed E-state index contributed by atoms with van der Waals surface area (Å²) in [5, 5.41) is 14.8. The zero-order valence-corrected chi connectivity index (χ0v) is 11.8. The number of carboxylic acid groups (broad SMARTS) is 2. The number of hydrogen-bond acceptors (Lipinski definition) is 4. The standard InChI is InChI=1S/C7H19NSSi.C2H2O4/c1-10(2,3)7-6-9-5-4-8;3-1(4)2(5)6/h4-8H2,1-3H3;(H,3,4)(H,5,6). The minimum Gasteiger partial charge on any atom is -0.473 e. The van der Waals surface area contributed by atoms with E-state index in [1.54, 1.807) is 0 Å². The van der Waals surface area contributed by atoms with E-state index in [1.165, 1.54) is 11.8 Å². The predicted octanol–water partition coefficient (Wildman–Crippen LogP) is 1.17. The van der Waals surface area contributed by atoms with Gasteiger partial charge in [-0.05, 0) is 11.8 Å². The Hall–Kier alpha value is -0.533. The van der Waals surface area contributed by atoms with E-state index < -0.39 is 20.0 Å². The van der Waals surface area contributed by atoms with Crippen LogP contribution in [0.2, 0.25) is 25.7 Å². The van der Waals surface area contributed by atoms with Crippen molar-refractivity contribution in [3.63, 3.8) is 0 Å². The number of thioether (sulfide) groups is 1. The fraction of sp³-hybridized carbons (Fsp3) is 0.778. The highest BCUT2D eigenvalue weighted by atomic mass is 32.2. The van der Waals surface area contributed by atoms with Crippen LogP contribution in [0.3, 0.4) is 0 Å². The van der Waals surface area contributed by atoms with Crippen LogP contribution in [0.1, 0.15) is 0 Å². The molecule has 0 fully saturated rings. The molecule has 0 rings (SSSR count). The molecule has 0 aliphatic heterocycles. The van der Waals surface area contributed by atoms with E-state index in [0.29, 0.717) is 0 Å². The van der Waals surface area contributed by atoms with Gasteiger partial charge in [-0.2, -0.15) is 11.8 Å². The zero-order chi connectivity index (χ0) is 13.2. The molecular formula is C9H21NO4SSi. The van der Waals surface area contributed by atoms with Crippen molar-refractivity contribution in [1.82, 2.24) is 0 Å². The minimum atomic E-state index is -1.82. The largest absolute Gasteiger partial charge is 0.473 e. The number of carboxylic acids is 2. The highest BCUT2D eigenvalue weighted by Gasteiger charge is 2.11. The van der Waals surface area contributed by atoms with Gasteiger partial charge in [0.2, 0.25) is 0 Å². The first-order valence-electron chi connectivity index (χ1n) is 4.94. The number of hydrogen-bond donors (Lipinski definition) is 3. The Morgan fingerprint density at radius 1 is 1.12 bits per heavy atom. The molecule has 0 aromatic heterocycles. The Kier molecular flexibility index (Phi) is 10.8. The van der Waals surface area contributed by atoms with Crippen LogP contribution in [0, 0.1) is 0 Å². The molecule has 96 valence electrons. The van der Waals surface area contributed by atoms with Crippen molar-refractivity contribution in [3.05, 3.63) is 0 Å². The summed E-state index contributed by atoms with van der Waals surface area (Å²) in [5.74, 6) is -1.21. The predicted molar refractivity (Wildman–Crippen MR) is 69.8 cm³/mol. The second-order valence-corrected chi connectivity index (χ2v) is 11.2. The van der Waals surface area contributed by atoms with E-state index >= 15 is 0 Å². The molecule has 0 aromatic carbocycles. The van der Waals surface area contributed by atoms with Gasteiger partial charge in [0, 0.05) is 20.4 Å². The van der Waals surface area contributed by atoms with Gasteiger partial charge in [-0.3, -0.25) is 0 Å². The molecule has 0 aromatic rings. The van der Waals surface area contributed by atoms with E-state index in [0.717, 1.165) is 12.3 Å². The van der Waals surface area contributed by atoms with E-state index in [2.05, 4.69) is 19.6 Å². The van der Waals surface area contributed by atoms with Crippen LogP contribution in [0.4, 0.5) is 0 Å². The summed E-state index contributed by atoms with van der Waals surface area (Å²) >= 11 is 1.99. The van der Waals surface area contributed by atoms with Gasteiger partial charge in [0.15, 0.2) is 0 Å². The molecule has 0 bridgehead atoms. The summed E-state index contributed by atoms with van der Waals surface area (Å²) in [7, 11) is -0.769. The first-order valence-corrected chi connectivity index (χ1v) is 9.81. The van der Waals surface area contributed by atoms with Gasteiger partial charge in [0.25, 0.3) is 0 Å². The summed E-state index contributed by atoms with van der Waals surface area (Å²) in [6, 6.07) is 1.43. The van der Waals surface area contributed by atoms with E-state index in [9.17, 15) is 0 Å². The topological polar surface area (TPSA) is 101 Å².